The average Bonchev–Trinajstić information content (AvgIpc) is 3.09. The number of ketones is 1. The van der Waals surface area contributed by atoms with E-state index in [4.69, 9.17) is 14.6 Å². The summed E-state index contributed by atoms with van der Waals surface area (Å²) in [5, 5.41) is 8.77. The molecule has 8 nitrogen and oxygen atoms in total. The molecule has 1 aliphatic heterocycles. The Morgan fingerprint density at radius 3 is 2.55 bits per heavy atom. The smallest absolute Gasteiger partial charge is 0.303 e. The van der Waals surface area contributed by atoms with Crippen molar-refractivity contribution in [3.63, 3.8) is 0 Å². The molecule has 0 spiro atoms. The molecule has 3 unspecified atom stereocenters. The number of morpholine rings is 1. The van der Waals surface area contributed by atoms with E-state index in [-0.39, 0.29) is 35.2 Å². The van der Waals surface area contributed by atoms with Gasteiger partial charge in [-0.05, 0) is 37.0 Å². The second-order valence-corrected chi connectivity index (χ2v) is 10.7. The lowest BCUT2D eigenvalue weighted by molar-refractivity contribution is -0.137. The van der Waals surface area contributed by atoms with Gasteiger partial charge in [-0.15, -0.1) is 0 Å². The van der Waals surface area contributed by atoms with E-state index in [1.165, 1.54) is 6.26 Å². The minimum atomic E-state index is -3.25. The van der Waals surface area contributed by atoms with Crippen LogP contribution < -0.4 is 0 Å². The average molecular weight is 480 g/mol. The van der Waals surface area contributed by atoms with Crippen molar-refractivity contribution in [3.05, 3.63) is 42.0 Å². The second-order valence-electron chi connectivity index (χ2n) is 8.69. The fourth-order valence-corrected chi connectivity index (χ4v) is 5.11. The summed E-state index contributed by atoms with van der Waals surface area (Å²) in [6, 6.07) is 6.41. The Morgan fingerprint density at radius 1 is 1.21 bits per heavy atom. The van der Waals surface area contributed by atoms with Gasteiger partial charge in [-0.2, -0.15) is 0 Å². The molecule has 3 atom stereocenters. The third kappa shape index (κ3) is 7.46. The van der Waals surface area contributed by atoms with Gasteiger partial charge in [-0.25, -0.2) is 8.42 Å². The van der Waals surface area contributed by atoms with Crippen LogP contribution in [-0.4, -0.2) is 74.9 Å². The van der Waals surface area contributed by atoms with Crippen molar-refractivity contribution >= 4 is 21.6 Å². The van der Waals surface area contributed by atoms with Crippen LogP contribution in [0.4, 0.5) is 0 Å². The summed E-state index contributed by atoms with van der Waals surface area (Å²) in [5.41, 5.74) is 0.854. The summed E-state index contributed by atoms with van der Waals surface area (Å²) < 4.78 is 35.0. The number of carboxylic acid groups (broad SMARTS) is 1. The Morgan fingerprint density at radius 2 is 1.91 bits per heavy atom. The molecule has 182 valence electrons. The molecule has 2 fully saturated rings. The maximum atomic E-state index is 13.0. The minimum Gasteiger partial charge on any atom is -0.481 e. The summed E-state index contributed by atoms with van der Waals surface area (Å²) in [7, 11) is -3.25. The highest BCUT2D eigenvalue weighted by Crippen LogP contribution is 2.34. The standard InChI is InChI=1S/C24H33NO7S/c1-33(29,30)19-10-8-18(9-11-19)17-32-22-16-21(26)24(25-12-14-31-15-13-25)20(22)6-4-2-3-5-7-23(27)28/h2,4,8-11,20,22,24H,3,5-7,12-17H2,1H3,(H,27,28). The predicted octanol–water partition coefficient (Wildman–Crippen LogP) is 2.47. The highest BCUT2D eigenvalue weighted by atomic mass is 32.2. The number of allylic oxidation sites excluding steroid dienone is 2. The number of nitrogens with zero attached hydrogens (tertiary/aromatic N) is 1. The van der Waals surface area contributed by atoms with Crippen molar-refractivity contribution in [1.82, 2.24) is 4.90 Å². The molecule has 1 saturated carbocycles. The van der Waals surface area contributed by atoms with Crippen LogP contribution in [-0.2, 0) is 35.5 Å². The number of sulfone groups is 1. The normalized spacial score (nSPS) is 24.5. The number of hydrogen-bond acceptors (Lipinski definition) is 7. The molecule has 1 saturated heterocycles. The lowest BCUT2D eigenvalue weighted by Gasteiger charge is -2.35. The van der Waals surface area contributed by atoms with Crippen LogP contribution >= 0.6 is 0 Å². The molecule has 0 radical (unpaired) electrons. The molecule has 33 heavy (non-hydrogen) atoms. The SMILES string of the molecule is CS(=O)(=O)c1ccc(COC2CC(=O)C(N3CCOCC3)C2CC=CCCCC(=O)O)cc1. The van der Waals surface area contributed by atoms with Crippen molar-refractivity contribution in [2.24, 2.45) is 5.92 Å². The van der Waals surface area contributed by atoms with E-state index in [0.29, 0.717) is 45.5 Å². The fraction of sp³-hybridized carbons (Fsp3) is 0.583. The lowest BCUT2D eigenvalue weighted by atomic mass is 9.95. The quantitative estimate of drug-likeness (QED) is 0.381. The zero-order valence-electron chi connectivity index (χ0n) is 19.0. The monoisotopic (exact) mass is 479 g/mol. The van der Waals surface area contributed by atoms with E-state index >= 15 is 0 Å². The van der Waals surface area contributed by atoms with Crippen molar-refractivity contribution in [1.29, 1.82) is 0 Å². The van der Waals surface area contributed by atoms with E-state index in [2.05, 4.69) is 4.90 Å². The van der Waals surface area contributed by atoms with Crippen LogP contribution in [0.2, 0.25) is 0 Å². The van der Waals surface area contributed by atoms with E-state index in [1.54, 1.807) is 24.3 Å². The van der Waals surface area contributed by atoms with Crippen LogP contribution in [0.3, 0.4) is 0 Å². The van der Waals surface area contributed by atoms with Crippen molar-refractivity contribution in [2.45, 2.75) is 55.8 Å². The summed E-state index contributed by atoms with van der Waals surface area (Å²) >= 11 is 0. The number of hydrogen-bond donors (Lipinski definition) is 1. The first-order chi connectivity index (χ1) is 15.8. The van der Waals surface area contributed by atoms with Gasteiger partial charge in [-0.3, -0.25) is 14.5 Å². The molecule has 0 aromatic heterocycles. The number of aliphatic carboxylic acids is 1. The van der Waals surface area contributed by atoms with Crippen LogP contribution in [0, 0.1) is 5.92 Å². The molecule has 0 bridgehead atoms. The first-order valence-electron chi connectivity index (χ1n) is 11.4. The van der Waals surface area contributed by atoms with Gasteiger partial charge in [0, 0.05) is 38.1 Å². The number of carboxylic acids is 1. The summed E-state index contributed by atoms with van der Waals surface area (Å²) in [4.78, 5) is 26.1. The van der Waals surface area contributed by atoms with Gasteiger partial charge in [0.15, 0.2) is 15.6 Å². The van der Waals surface area contributed by atoms with Crippen molar-refractivity contribution in [3.8, 4) is 0 Å². The third-order valence-corrected chi connectivity index (χ3v) is 7.33. The third-order valence-electron chi connectivity index (χ3n) is 6.21. The number of carbonyl (C=O) groups is 2. The molecule has 2 aliphatic rings. The summed E-state index contributed by atoms with van der Waals surface area (Å²) in [6.07, 6.45) is 7.42. The van der Waals surface area contributed by atoms with Gasteiger partial charge in [0.25, 0.3) is 0 Å². The van der Waals surface area contributed by atoms with Crippen LogP contribution in [0.15, 0.2) is 41.3 Å². The van der Waals surface area contributed by atoms with E-state index in [1.807, 2.05) is 12.2 Å². The number of rotatable bonds is 11. The lowest BCUT2D eigenvalue weighted by Crippen LogP contribution is -2.49. The van der Waals surface area contributed by atoms with E-state index in [9.17, 15) is 18.0 Å². The Bertz CT molecular complexity index is 936. The Balaban J connectivity index is 1.65. The largest absolute Gasteiger partial charge is 0.481 e. The molecule has 1 aromatic carbocycles. The Hall–Kier alpha value is -2.07. The number of carbonyl (C=O) groups excluding carboxylic acids is 1. The van der Waals surface area contributed by atoms with Gasteiger partial charge in [0.05, 0.1) is 36.9 Å². The van der Waals surface area contributed by atoms with Crippen LogP contribution in [0.25, 0.3) is 0 Å². The van der Waals surface area contributed by atoms with Crippen LogP contribution in [0.5, 0.6) is 0 Å². The highest BCUT2D eigenvalue weighted by molar-refractivity contribution is 7.90. The van der Waals surface area contributed by atoms with E-state index < -0.39 is 15.8 Å². The molecule has 0 amide bonds. The molecular formula is C24H33NO7S. The summed E-state index contributed by atoms with van der Waals surface area (Å²) in [5.74, 6) is -0.615. The Labute approximate surface area is 195 Å². The number of Topliss-reactive ketones (excluding diaryl/α,β-unsaturated/α-hetero) is 1. The Kier molecular flexibility index (Phi) is 9.19. The molecule has 3 rings (SSSR count). The van der Waals surface area contributed by atoms with Crippen molar-refractivity contribution in [2.75, 3.05) is 32.6 Å². The zero-order chi connectivity index (χ0) is 23.8. The number of ether oxygens (including phenoxy) is 2. The molecule has 1 N–H and O–H groups in total. The topological polar surface area (TPSA) is 110 Å². The zero-order valence-corrected chi connectivity index (χ0v) is 19.8. The first kappa shape index (κ1) is 25.6. The van der Waals surface area contributed by atoms with E-state index in [0.717, 1.165) is 18.7 Å². The van der Waals surface area contributed by atoms with Gasteiger partial charge in [0.1, 0.15) is 0 Å². The second kappa shape index (κ2) is 11.9. The molecule has 1 heterocycles. The van der Waals surface area contributed by atoms with Gasteiger partial charge in [-0.1, -0.05) is 24.3 Å². The maximum Gasteiger partial charge on any atom is 0.303 e. The minimum absolute atomic E-state index is 0.00150. The maximum absolute atomic E-state index is 13.0. The van der Waals surface area contributed by atoms with Crippen molar-refractivity contribution < 1.29 is 32.6 Å². The highest BCUT2D eigenvalue weighted by Gasteiger charge is 2.45. The van der Waals surface area contributed by atoms with Gasteiger partial charge in [0.2, 0.25) is 0 Å². The summed E-state index contributed by atoms with van der Waals surface area (Å²) in [6.45, 7) is 2.96. The molecular weight excluding hydrogens is 446 g/mol. The number of unbranched alkanes of at least 4 members (excludes halogenated alkanes) is 1. The van der Waals surface area contributed by atoms with Gasteiger partial charge < -0.3 is 14.6 Å². The molecule has 1 aromatic rings. The van der Waals surface area contributed by atoms with Crippen LogP contribution in [0.1, 0.15) is 37.7 Å². The molecule has 1 aliphatic carbocycles. The number of benzene rings is 1. The first-order valence-corrected chi connectivity index (χ1v) is 13.3. The molecule has 9 heteroatoms. The fourth-order valence-electron chi connectivity index (χ4n) is 4.48. The van der Waals surface area contributed by atoms with Gasteiger partial charge >= 0.3 is 5.97 Å². The predicted molar refractivity (Wildman–Crippen MR) is 123 cm³/mol.